The van der Waals surface area contributed by atoms with Gasteiger partial charge in [-0.25, -0.2) is 4.98 Å². The quantitative estimate of drug-likeness (QED) is 0.891. The summed E-state index contributed by atoms with van der Waals surface area (Å²) in [7, 11) is 3.37. The number of aryl methyl sites for hydroxylation is 1. The molecule has 1 aromatic carbocycles. The third kappa shape index (κ3) is 3.66. The van der Waals surface area contributed by atoms with E-state index in [9.17, 15) is 9.59 Å². The summed E-state index contributed by atoms with van der Waals surface area (Å²) in [5.74, 6) is 0.0104. The Morgan fingerprint density at radius 3 is 2.96 bits per heavy atom. The SMILES string of the molecule is COc1ccc2c(c1)[C@@H](C(=O)N(C)CCc1scnc1C)CC(=O)N2. The molecule has 0 unspecified atom stereocenters. The van der Waals surface area contributed by atoms with Crippen LogP contribution in [0.2, 0.25) is 0 Å². The van der Waals surface area contributed by atoms with Crippen LogP contribution in [-0.4, -0.2) is 42.4 Å². The maximum atomic E-state index is 12.9. The maximum absolute atomic E-state index is 12.9. The molecule has 0 radical (unpaired) electrons. The topological polar surface area (TPSA) is 71.5 Å². The van der Waals surface area contributed by atoms with Gasteiger partial charge < -0.3 is 15.0 Å². The molecule has 2 amide bonds. The lowest BCUT2D eigenvalue weighted by Crippen LogP contribution is -2.37. The molecule has 7 heteroatoms. The van der Waals surface area contributed by atoms with Crippen LogP contribution in [-0.2, 0) is 16.0 Å². The van der Waals surface area contributed by atoms with E-state index in [2.05, 4.69) is 10.3 Å². The van der Waals surface area contributed by atoms with Crippen LogP contribution in [0.1, 0.15) is 28.5 Å². The van der Waals surface area contributed by atoms with Crippen LogP contribution < -0.4 is 10.1 Å². The van der Waals surface area contributed by atoms with Crippen LogP contribution in [0.15, 0.2) is 23.7 Å². The predicted octanol–water partition coefficient (Wildman–Crippen LogP) is 2.59. The second kappa shape index (κ2) is 7.23. The van der Waals surface area contributed by atoms with Crippen molar-refractivity contribution in [2.75, 3.05) is 26.0 Å². The molecular weight excluding hydrogens is 338 g/mol. The predicted molar refractivity (Wildman–Crippen MR) is 97.2 cm³/mol. The maximum Gasteiger partial charge on any atom is 0.230 e. The molecule has 0 saturated carbocycles. The fourth-order valence-electron chi connectivity index (χ4n) is 3.00. The van der Waals surface area contributed by atoms with Crippen molar-refractivity contribution in [3.63, 3.8) is 0 Å². The van der Waals surface area contributed by atoms with Crippen molar-refractivity contribution in [1.29, 1.82) is 0 Å². The van der Waals surface area contributed by atoms with E-state index in [-0.39, 0.29) is 18.2 Å². The highest BCUT2D eigenvalue weighted by Gasteiger charge is 2.32. The second-order valence-electron chi connectivity index (χ2n) is 6.13. The van der Waals surface area contributed by atoms with Gasteiger partial charge in [0.25, 0.3) is 0 Å². The number of carbonyl (C=O) groups is 2. The number of thiazole rings is 1. The first-order valence-electron chi connectivity index (χ1n) is 8.11. The molecule has 25 heavy (non-hydrogen) atoms. The highest BCUT2D eigenvalue weighted by molar-refractivity contribution is 7.09. The third-order valence-corrected chi connectivity index (χ3v) is 5.49. The Labute approximate surface area is 150 Å². The number of nitrogens with one attached hydrogen (secondary N) is 1. The van der Waals surface area contributed by atoms with Crippen molar-refractivity contribution in [1.82, 2.24) is 9.88 Å². The van der Waals surface area contributed by atoms with Crippen LogP contribution >= 0.6 is 11.3 Å². The zero-order valence-electron chi connectivity index (χ0n) is 14.5. The summed E-state index contributed by atoms with van der Waals surface area (Å²) in [4.78, 5) is 32.1. The number of carbonyl (C=O) groups excluding carboxylic acids is 2. The monoisotopic (exact) mass is 359 g/mol. The first-order valence-corrected chi connectivity index (χ1v) is 8.99. The molecule has 6 nitrogen and oxygen atoms in total. The number of nitrogens with zero attached hydrogens (tertiary/aromatic N) is 2. The van der Waals surface area contributed by atoms with Gasteiger partial charge in [0.15, 0.2) is 0 Å². The van der Waals surface area contributed by atoms with Crippen molar-refractivity contribution in [3.8, 4) is 5.75 Å². The highest BCUT2D eigenvalue weighted by Crippen LogP contribution is 2.35. The Balaban J connectivity index is 1.77. The van der Waals surface area contributed by atoms with Gasteiger partial charge in [-0.15, -0.1) is 11.3 Å². The minimum absolute atomic E-state index is 0.0495. The number of amides is 2. The summed E-state index contributed by atoms with van der Waals surface area (Å²) in [6, 6.07) is 5.40. The van der Waals surface area contributed by atoms with E-state index in [1.807, 2.05) is 18.5 Å². The lowest BCUT2D eigenvalue weighted by molar-refractivity contribution is -0.133. The first-order chi connectivity index (χ1) is 12.0. The third-order valence-electron chi connectivity index (χ3n) is 4.49. The van der Waals surface area contributed by atoms with Crippen molar-refractivity contribution in [3.05, 3.63) is 39.8 Å². The van der Waals surface area contributed by atoms with Gasteiger partial charge in [0.2, 0.25) is 11.8 Å². The van der Waals surface area contributed by atoms with Gasteiger partial charge in [0.1, 0.15) is 5.75 Å². The summed E-state index contributed by atoms with van der Waals surface area (Å²) >= 11 is 1.60. The number of aromatic nitrogens is 1. The molecule has 2 aromatic rings. The van der Waals surface area contributed by atoms with E-state index in [0.29, 0.717) is 18.0 Å². The Morgan fingerprint density at radius 2 is 2.28 bits per heavy atom. The minimum atomic E-state index is -0.480. The zero-order chi connectivity index (χ0) is 18.0. The molecule has 1 atom stereocenters. The van der Waals surface area contributed by atoms with Crippen molar-refractivity contribution < 1.29 is 14.3 Å². The summed E-state index contributed by atoms with van der Waals surface area (Å²) in [5.41, 5.74) is 4.32. The summed E-state index contributed by atoms with van der Waals surface area (Å²) in [6.45, 7) is 2.57. The zero-order valence-corrected chi connectivity index (χ0v) is 15.4. The van der Waals surface area contributed by atoms with Crippen molar-refractivity contribution in [2.45, 2.75) is 25.7 Å². The molecular formula is C18H21N3O3S. The summed E-state index contributed by atoms with van der Waals surface area (Å²) in [5, 5.41) is 2.82. The van der Waals surface area contributed by atoms with Crippen molar-refractivity contribution >= 4 is 28.8 Å². The molecule has 0 saturated heterocycles. The van der Waals surface area contributed by atoms with Gasteiger partial charge in [-0.3, -0.25) is 9.59 Å². The molecule has 1 aliphatic rings. The van der Waals surface area contributed by atoms with Gasteiger partial charge in [-0.1, -0.05) is 0 Å². The lowest BCUT2D eigenvalue weighted by Gasteiger charge is -2.29. The number of hydrogen-bond acceptors (Lipinski definition) is 5. The van der Waals surface area contributed by atoms with Gasteiger partial charge in [0, 0.05) is 37.0 Å². The normalized spacial score (nSPS) is 16.1. The molecule has 0 bridgehead atoms. The number of methoxy groups -OCH3 is 1. The minimum Gasteiger partial charge on any atom is -0.497 e. The van der Waals surface area contributed by atoms with Crippen LogP contribution in [0.3, 0.4) is 0 Å². The van der Waals surface area contributed by atoms with Gasteiger partial charge in [0.05, 0.1) is 24.2 Å². The van der Waals surface area contributed by atoms with E-state index in [1.54, 1.807) is 42.5 Å². The van der Waals surface area contributed by atoms with E-state index in [1.165, 1.54) is 4.88 Å². The number of hydrogen-bond donors (Lipinski definition) is 1. The smallest absolute Gasteiger partial charge is 0.230 e. The Bertz CT molecular complexity index is 803. The largest absolute Gasteiger partial charge is 0.497 e. The number of fused-ring (bicyclic) bond motifs is 1. The second-order valence-corrected chi connectivity index (χ2v) is 7.07. The van der Waals surface area contributed by atoms with Crippen LogP contribution in [0, 0.1) is 6.92 Å². The molecule has 2 heterocycles. The standard InChI is InChI=1S/C18H21N3O3S/c1-11-16(25-10-19-11)6-7-21(2)18(23)14-9-17(22)20-15-5-4-12(24-3)8-13(14)15/h4-5,8,10,14H,6-7,9H2,1-3H3,(H,20,22)/t14-/m0/s1. The Hall–Kier alpha value is -2.41. The van der Waals surface area contributed by atoms with Crippen LogP contribution in [0.4, 0.5) is 5.69 Å². The average Bonchev–Trinajstić information content (AvgIpc) is 3.02. The van der Waals surface area contributed by atoms with Crippen LogP contribution in [0.25, 0.3) is 0 Å². The van der Waals surface area contributed by atoms with E-state index in [4.69, 9.17) is 4.74 Å². The van der Waals surface area contributed by atoms with Crippen LogP contribution in [0.5, 0.6) is 5.75 Å². The number of ether oxygens (including phenoxy) is 1. The Kier molecular flexibility index (Phi) is 5.03. The average molecular weight is 359 g/mol. The number of rotatable bonds is 5. The summed E-state index contributed by atoms with van der Waals surface area (Å²) in [6.07, 6.45) is 0.922. The Morgan fingerprint density at radius 1 is 1.48 bits per heavy atom. The number of benzene rings is 1. The fourth-order valence-corrected chi connectivity index (χ4v) is 3.77. The van der Waals surface area contributed by atoms with Gasteiger partial charge in [-0.2, -0.15) is 0 Å². The molecule has 1 aliphatic heterocycles. The van der Waals surface area contributed by atoms with Crippen molar-refractivity contribution in [2.24, 2.45) is 0 Å². The van der Waals surface area contributed by atoms with Gasteiger partial charge in [-0.05, 0) is 30.7 Å². The lowest BCUT2D eigenvalue weighted by atomic mass is 9.89. The van der Waals surface area contributed by atoms with E-state index in [0.717, 1.165) is 17.7 Å². The summed E-state index contributed by atoms with van der Waals surface area (Å²) < 4.78 is 5.26. The fraction of sp³-hybridized carbons (Fsp3) is 0.389. The molecule has 0 aliphatic carbocycles. The molecule has 0 spiro atoms. The highest BCUT2D eigenvalue weighted by atomic mass is 32.1. The number of anilines is 1. The molecule has 1 aromatic heterocycles. The molecule has 0 fully saturated rings. The molecule has 1 N–H and O–H groups in total. The molecule has 3 rings (SSSR count). The van der Waals surface area contributed by atoms with Gasteiger partial charge >= 0.3 is 0 Å². The number of likely N-dealkylation sites (N-methyl/N-ethyl adjacent to an activating group) is 1. The molecule has 132 valence electrons. The van der Waals surface area contributed by atoms with E-state index < -0.39 is 5.92 Å². The first kappa shape index (κ1) is 17.4. The van der Waals surface area contributed by atoms with E-state index >= 15 is 0 Å².